The second-order valence-electron chi connectivity index (χ2n) is 4.18. The fourth-order valence-electron chi connectivity index (χ4n) is 0.739. The molecule has 0 saturated carbocycles. The summed E-state index contributed by atoms with van der Waals surface area (Å²) in [6.07, 6.45) is 0. The fraction of sp³-hybridized carbons (Fsp3) is 0.778. The van der Waals surface area contributed by atoms with E-state index in [0.717, 1.165) is 6.92 Å². The Balaban J connectivity index is 5.16. The topological polar surface area (TPSA) is 0 Å². The maximum absolute atomic E-state index is 13.6. The van der Waals surface area contributed by atoms with Gasteiger partial charge in [0, 0.05) is 5.41 Å². The number of hydrogen-bond acceptors (Lipinski definition) is 0. The molecule has 1 unspecified atom stereocenters. The molecule has 0 spiro atoms. The van der Waals surface area contributed by atoms with Gasteiger partial charge in [0.05, 0.1) is 0 Å². The Hall–Kier alpha value is -0.180. The van der Waals surface area contributed by atoms with Crippen molar-refractivity contribution in [3.63, 3.8) is 0 Å². The Morgan fingerprint density at radius 3 is 1.54 bits per heavy atom. The molecular formula is C9H14ClF3. The van der Waals surface area contributed by atoms with Crippen LogP contribution in [0.25, 0.3) is 0 Å². The SMILES string of the molecule is C=C(C)C(F)(F)C(F)(Cl)C(C)(C)C. The standard InChI is InChI=1S/C9H14ClF3/c1-6(2)8(11,12)9(10,13)7(3,4)5/h1H2,2-5H3. The quantitative estimate of drug-likeness (QED) is 0.479. The number of halogens is 4. The van der Waals surface area contributed by atoms with E-state index in [4.69, 9.17) is 11.6 Å². The summed E-state index contributed by atoms with van der Waals surface area (Å²) in [5, 5.41) is -3.11. The third-order valence-corrected chi connectivity index (χ3v) is 2.68. The van der Waals surface area contributed by atoms with Gasteiger partial charge in [-0.15, -0.1) is 0 Å². The Morgan fingerprint density at radius 2 is 1.46 bits per heavy atom. The molecule has 0 aromatic heterocycles. The number of hydrogen-bond donors (Lipinski definition) is 0. The molecule has 0 heterocycles. The van der Waals surface area contributed by atoms with E-state index in [0.29, 0.717) is 0 Å². The minimum atomic E-state index is -3.72. The van der Waals surface area contributed by atoms with E-state index in [-0.39, 0.29) is 0 Å². The smallest absolute Gasteiger partial charge is 0.219 e. The number of allylic oxidation sites excluding steroid dienone is 1. The molecule has 0 aromatic rings. The predicted molar refractivity (Wildman–Crippen MR) is 48.9 cm³/mol. The van der Waals surface area contributed by atoms with Crippen molar-refractivity contribution in [3.8, 4) is 0 Å². The van der Waals surface area contributed by atoms with Gasteiger partial charge in [-0.25, -0.2) is 4.39 Å². The lowest BCUT2D eigenvalue weighted by Gasteiger charge is -2.38. The van der Waals surface area contributed by atoms with Crippen molar-refractivity contribution in [2.24, 2.45) is 5.41 Å². The average molecular weight is 215 g/mol. The molecule has 1 atom stereocenters. The lowest BCUT2D eigenvalue weighted by Crippen LogP contribution is -2.49. The molecule has 0 aliphatic rings. The van der Waals surface area contributed by atoms with E-state index in [2.05, 4.69) is 6.58 Å². The van der Waals surface area contributed by atoms with Gasteiger partial charge in [0.15, 0.2) is 0 Å². The zero-order valence-corrected chi connectivity index (χ0v) is 8.97. The molecule has 0 bridgehead atoms. The van der Waals surface area contributed by atoms with Crippen LogP contribution in [0.15, 0.2) is 12.2 Å². The monoisotopic (exact) mass is 214 g/mol. The zero-order chi connectivity index (χ0) is 11.1. The maximum atomic E-state index is 13.6. The van der Waals surface area contributed by atoms with Gasteiger partial charge >= 0.3 is 5.92 Å². The lowest BCUT2D eigenvalue weighted by atomic mass is 9.84. The first-order chi connectivity index (χ1) is 5.44. The molecule has 0 saturated heterocycles. The Kier molecular flexibility index (Phi) is 3.15. The van der Waals surface area contributed by atoms with Gasteiger partial charge in [0.1, 0.15) is 0 Å². The van der Waals surface area contributed by atoms with E-state index >= 15 is 0 Å². The summed E-state index contributed by atoms with van der Waals surface area (Å²) in [6, 6.07) is 0. The van der Waals surface area contributed by atoms with Gasteiger partial charge in [-0.1, -0.05) is 39.0 Å². The van der Waals surface area contributed by atoms with Crippen LogP contribution >= 0.6 is 11.6 Å². The normalized spacial score (nSPS) is 18.2. The second kappa shape index (κ2) is 3.19. The summed E-state index contributed by atoms with van der Waals surface area (Å²) in [6.45, 7) is 8.04. The lowest BCUT2D eigenvalue weighted by molar-refractivity contribution is -0.110. The van der Waals surface area contributed by atoms with E-state index in [1.165, 1.54) is 20.8 Å². The van der Waals surface area contributed by atoms with Crippen LogP contribution in [0.5, 0.6) is 0 Å². The molecule has 0 N–H and O–H groups in total. The number of alkyl halides is 4. The highest BCUT2D eigenvalue weighted by molar-refractivity contribution is 6.24. The van der Waals surface area contributed by atoms with Gasteiger partial charge in [-0.2, -0.15) is 8.78 Å². The highest BCUT2D eigenvalue weighted by Gasteiger charge is 2.61. The minimum Gasteiger partial charge on any atom is -0.219 e. The summed E-state index contributed by atoms with van der Waals surface area (Å²) < 4.78 is 40.0. The summed E-state index contributed by atoms with van der Waals surface area (Å²) in [4.78, 5) is 0. The van der Waals surface area contributed by atoms with Gasteiger partial charge in [-0.05, 0) is 12.5 Å². The Morgan fingerprint density at radius 1 is 1.15 bits per heavy atom. The van der Waals surface area contributed by atoms with Crippen LogP contribution in [0, 0.1) is 5.41 Å². The van der Waals surface area contributed by atoms with E-state index in [9.17, 15) is 13.2 Å². The molecule has 78 valence electrons. The first kappa shape index (κ1) is 12.8. The van der Waals surface area contributed by atoms with Crippen LogP contribution in [0.4, 0.5) is 13.2 Å². The van der Waals surface area contributed by atoms with Gasteiger partial charge < -0.3 is 0 Å². The van der Waals surface area contributed by atoms with E-state index in [1.807, 2.05) is 0 Å². The molecule has 0 aliphatic heterocycles. The van der Waals surface area contributed by atoms with Crippen molar-refractivity contribution in [3.05, 3.63) is 12.2 Å². The molecule has 0 radical (unpaired) electrons. The molecule has 0 nitrogen and oxygen atoms in total. The molecule has 4 heteroatoms. The highest BCUT2D eigenvalue weighted by Crippen LogP contribution is 2.51. The fourth-order valence-corrected chi connectivity index (χ4v) is 0.900. The van der Waals surface area contributed by atoms with Gasteiger partial charge in [0.25, 0.3) is 5.13 Å². The molecular weight excluding hydrogens is 201 g/mol. The summed E-state index contributed by atoms with van der Waals surface area (Å²) in [5.41, 5.74) is -1.92. The van der Waals surface area contributed by atoms with Gasteiger partial charge in [0.2, 0.25) is 0 Å². The first-order valence-electron chi connectivity index (χ1n) is 3.86. The van der Waals surface area contributed by atoms with Crippen molar-refractivity contribution in [2.45, 2.75) is 38.7 Å². The highest BCUT2D eigenvalue weighted by atomic mass is 35.5. The Labute approximate surface area is 81.8 Å². The van der Waals surface area contributed by atoms with Crippen LogP contribution in [0.1, 0.15) is 27.7 Å². The van der Waals surface area contributed by atoms with Crippen molar-refractivity contribution in [1.29, 1.82) is 0 Å². The molecule has 0 aliphatic carbocycles. The summed E-state index contributed by atoms with van der Waals surface area (Å²) >= 11 is 5.22. The largest absolute Gasteiger partial charge is 0.316 e. The number of rotatable bonds is 2. The molecule has 0 aromatic carbocycles. The van der Waals surface area contributed by atoms with Gasteiger partial charge in [-0.3, -0.25) is 0 Å². The third-order valence-electron chi connectivity index (χ3n) is 1.87. The van der Waals surface area contributed by atoms with E-state index < -0.39 is 22.0 Å². The first-order valence-corrected chi connectivity index (χ1v) is 4.24. The molecule has 0 fully saturated rings. The van der Waals surface area contributed by atoms with Crippen LogP contribution in [0.3, 0.4) is 0 Å². The summed E-state index contributed by atoms with van der Waals surface area (Å²) in [5.74, 6) is -3.72. The maximum Gasteiger partial charge on any atom is 0.316 e. The molecule has 0 rings (SSSR count). The van der Waals surface area contributed by atoms with Crippen LogP contribution in [-0.4, -0.2) is 11.1 Å². The van der Waals surface area contributed by atoms with Crippen LogP contribution in [-0.2, 0) is 0 Å². The molecule has 0 amide bonds. The van der Waals surface area contributed by atoms with Crippen molar-refractivity contribution < 1.29 is 13.2 Å². The third kappa shape index (κ3) is 2.01. The van der Waals surface area contributed by atoms with Crippen LogP contribution in [0.2, 0.25) is 0 Å². The second-order valence-corrected chi connectivity index (χ2v) is 4.70. The van der Waals surface area contributed by atoms with Crippen molar-refractivity contribution in [2.75, 3.05) is 0 Å². The van der Waals surface area contributed by atoms with Crippen molar-refractivity contribution in [1.82, 2.24) is 0 Å². The molecule has 13 heavy (non-hydrogen) atoms. The average Bonchev–Trinajstić information content (AvgIpc) is 1.84. The Bertz CT molecular complexity index is 213. The summed E-state index contributed by atoms with van der Waals surface area (Å²) in [7, 11) is 0. The zero-order valence-electron chi connectivity index (χ0n) is 8.22. The minimum absolute atomic E-state index is 0.570. The van der Waals surface area contributed by atoms with Crippen LogP contribution < -0.4 is 0 Å². The van der Waals surface area contributed by atoms with Crippen molar-refractivity contribution >= 4 is 11.6 Å². The van der Waals surface area contributed by atoms with E-state index in [1.54, 1.807) is 0 Å². The predicted octanol–water partition coefficient (Wildman–Crippen LogP) is 4.15.